The maximum atomic E-state index is 11.9. The minimum Gasteiger partial charge on any atom is -0.307 e. The Balaban J connectivity index is 2.00. The Hall–Kier alpha value is -1.91. The van der Waals surface area contributed by atoms with Crippen LogP contribution >= 0.6 is 23.2 Å². The average Bonchev–Trinajstić information content (AvgIpc) is 2.41. The van der Waals surface area contributed by atoms with Crippen molar-refractivity contribution in [2.75, 3.05) is 10.7 Å². The second kappa shape index (κ2) is 6.90. The molecule has 4 nitrogen and oxygen atoms in total. The average molecular weight is 338 g/mol. The van der Waals surface area contributed by atoms with Crippen LogP contribution in [0.15, 0.2) is 30.3 Å². The molecule has 3 N–H and O–H groups in total. The maximum Gasteiger partial charge on any atom is 0.337 e. The van der Waals surface area contributed by atoms with Gasteiger partial charge in [0.1, 0.15) is 0 Å². The monoisotopic (exact) mass is 337 g/mol. The number of hydrogen-bond acceptors (Lipinski definition) is 2. The number of anilines is 2. The Morgan fingerprint density at radius 2 is 1.59 bits per heavy atom. The van der Waals surface area contributed by atoms with Crippen molar-refractivity contribution in [1.82, 2.24) is 5.43 Å². The van der Waals surface area contributed by atoms with E-state index in [0.29, 0.717) is 15.7 Å². The number of aryl methyl sites for hydroxylation is 3. The van der Waals surface area contributed by atoms with Gasteiger partial charge in [0.15, 0.2) is 0 Å². The highest BCUT2D eigenvalue weighted by molar-refractivity contribution is 6.42. The maximum absolute atomic E-state index is 11.9. The molecule has 0 heterocycles. The van der Waals surface area contributed by atoms with E-state index in [4.69, 9.17) is 23.2 Å². The second-order valence-electron chi connectivity index (χ2n) is 5.11. The molecule has 6 heteroatoms. The summed E-state index contributed by atoms with van der Waals surface area (Å²) in [5, 5.41) is 3.50. The molecule has 0 aliphatic carbocycles. The van der Waals surface area contributed by atoms with Gasteiger partial charge < -0.3 is 5.32 Å². The number of amides is 2. The Labute approximate surface area is 139 Å². The molecule has 0 aliphatic heterocycles. The van der Waals surface area contributed by atoms with Gasteiger partial charge in [-0.15, -0.1) is 0 Å². The summed E-state index contributed by atoms with van der Waals surface area (Å²) < 4.78 is 0. The number of carbonyl (C=O) groups is 1. The van der Waals surface area contributed by atoms with Gasteiger partial charge in [-0.1, -0.05) is 40.9 Å². The summed E-state index contributed by atoms with van der Waals surface area (Å²) in [5.41, 5.74) is 10.3. The van der Waals surface area contributed by atoms with Crippen molar-refractivity contribution < 1.29 is 4.79 Å². The van der Waals surface area contributed by atoms with Gasteiger partial charge in [0, 0.05) is 5.69 Å². The highest BCUT2D eigenvalue weighted by Gasteiger charge is 2.07. The van der Waals surface area contributed by atoms with Crippen molar-refractivity contribution in [2.24, 2.45) is 0 Å². The molecule has 2 aromatic rings. The van der Waals surface area contributed by atoms with E-state index in [9.17, 15) is 4.79 Å². The molecule has 0 radical (unpaired) electrons. The predicted octanol–water partition coefficient (Wildman–Crippen LogP) is 5.07. The Bertz CT molecular complexity index is 694. The second-order valence-corrected chi connectivity index (χ2v) is 5.92. The van der Waals surface area contributed by atoms with E-state index in [1.165, 1.54) is 5.56 Å². The van der Waals surface area contributed by atoms with E-state index in [1.54, 1.807) is 18.2 Å². The first-order chi connectivity index (χ1) is 10.4. The molecule has 0 fully saturated rings. The number of hydrazine groups is 1. The molecule has 2 rings (SSSR count). The summed E-state index contributed by atoms with van der Waals surface area (Å²) >= 11 is 11.7. The van der Waals surface area contributed by atoms with Crippen LogP contribution in [-0.4, -0.2) is 6.03 Å². The van der Waals surface area contributed by atoms with Gasteiger partial charge in [0.05, 0.1) is 15.7 Å². The van der Waals surface area contributed by atoms with Gasteiger partial charge in [-0.25, -0.2) is 4.79 Å². The van der Waals surface area contributed by atoms with Crippen LogP contribution in [0.1, 0.15) is 16.7 Å². The Morgan fingerprint density at radius 1 is 0.955 bits per heavy atom. The number of rotatable bonds is 3. The molecule has 2 aromatic carbocycles. The molecular weight excluding hydrogens is 321 g/mol. The van der Waals surface area contributed by atoms with Gasteiger partial charge in [-0.05, 0) is 50.1 Å². The summed E-state index contributed by atoms with van der Waals surface area (Å²) in [6.07, 6.45) is 0. The van der Waals surface area contributed by atoms with Crippen LogP contribution in [0.4, 0.5) is 16.2 Å². The number of nitrogens with one attached hydrogen (secondary N) is 3. The van der Waals surface area contributed by atoms with Crippen molar-refractivity contribution in [3.63, 3.8) is 0 Å². The largest absolute Gasteiger partial charge is 0.337 e. The molecule has 0 atom stereocenters. The number of benzene rings is 2. The normalized spacial score (nSPS) is 10.2. The molecule has 116 valence electrons. The first-order valence-corrected chi connectivity index (χ1v) is 7.48. The first kappa shape index (κ1) is 16.5. The topological polar surface area (TPSA) is 53.2 Å². The van der Waals surface area contributed by atoms with E-state index in [-0.39, 0.29) is 0 Å². The standard InChI is InChI=1S/C16H17Cl2N3O/c1-9-6-10(2)15(11(3)7-9)20-21-16(22)19-12-4-5-13(17)14(18)8-12/h4-8,20H,1-3H3,(H2,19,21,22). The smallest absolute Gasteiger partial charge is 0.307 e. The van der Waals surface area contributed by atoms with Gasteiger partial charge >= 0.3 is 6.03 Å². The van der Waals surface area contributed by atoms with Gasteiger partial charge in [0.25, 0.3) is 0 Å². The van der Waals surface area contributed by atoms with E-state index in [0.717, 1.165) is 16.8 Å². The van der Waals surface area contributed by atoms with E-state index in [1.807, 2.05) is 32.9 Å². The van der Waals surface area contributed by atoms with E-state index < -0.39 is 6.03 Å². The molecule has 0 aromatic heterocycles. The molecular formula is C16H17Cl2N3O. The van der Waals surface area contributed by atoms with Gasteiger partial charge in [0.2, 0.25) is 0 Å². The lowest BCUT2D eigenvalue weighted by molar-refractivity contribution is 0.254. The summed E-state index contributed by atoms with van der Waals surface area (Å²) in [6, 6.07) is 8.60. The fourth-order valence-corrected chi connectivity index (χ4v) is 2.53. The number of hydrogen-bond donors (Lipinski definition) is 3. The molecule has 0 aliphatic rings. The lowest BCUT2D eigenvalue weighted by atomic mass is 10.1. The third-order valence-electron chi connectivity index (χ3n) is 3.16. The van der Waals surface area contributed by atoms with Crippen LogP contribution in [0.3, 0.4) is 0 Å². The minimum atomic E-state index is -0.391. The molecule has 0 spiro atoms. The van der Waals surface area contributed by atoms with Crippen molar-refractivity contribution in [1.29, 1.82) is 0 Å². The van der Waals surface area contributed by atoms with Gasteiger partial charge in [-0.2, -0.15) is 0 Å². The zero-order valence-electron chi connectivity index (χ0n) is 12.6. The number of urea groups is 1. The van der Waals surface area contributed by atoms with E-state index >= 15 is 0 Å². The lowest BCUT2D eigenvalue weighted by Gasteiger charge is -2.15. The number of carbonyl (C=O) groups excluding carboxylic acids is 1. The van der Waals surface area contributed by atoms with Crippen LogP contribution in [0, 0.1) is 20.8 Å². The summed E-state index contributed by atoms with van der Waals surface area (Å²) in [7, 11) is 0. The molecule has 0 unspecified atom stereocenters. The van der Waals surface area contributed by atoms with Crippen molar-refractivity contribution in [3.8, 4) is 0 Å². The fraction of sp³-hybridized carbons (Fsp3) is 0.188. The van der Waals surface area contributed by atoms with Crippen molar-refractivity contribution >= 4 is 40.6 Å². The Morgan fingerprint density at radius 3 is 2.18 bits per heavy atom. The molecule has 0 saturated carbocycles. The van der Waals surface area contributed by atoms with Crippen molar-refractivity contribution in [2.45, 2.75) is 20.8 Å². The van der Waals surface area contributed by atoms with Crippen LogP contribution < -0.4 is 16.2 Å². The van der Waals surface area contributed by atoms with Crippen LogP contribution in [0.5, 0.6) is 0 Å². The fourth-order valence-electron chi connectivity index (χ4n) is 2.23. The first-order valence-electron chi connectivity index (χ1n) is 6.72. The highest BCUT2D eigenvalue weighted by atomic mass is 35.5. The zero-order chi connectivity index (χ0) is 16.3. The SMILES string of the molecule is Cc1cc(C)c(NNC(=O)Nc2ccc(Cl)c(Cl)c2)c(C)c1. The highest BCUT2D eigenvalue weighted by Crippen LogP contribution is 2.25. The zero-order valence-corrected chi connectivity index (χ0v) is 14.1. The Kier molecular flexibility index (Phi) is 5.16. The van der Waals surface area contributed by atoms with Crippen LogP contribution in [0.2, 0.25) is 10.0 Å². The summed E-state index contributed by atoms with van der Waals surface area (Å²) in [6.45, 7) is 6.01. The van der Waals surface area contributed by atoms with Crippen LogP contribution in [-0.2, 0) is 0 Å². The van der Waals surface area contributed by atoms with Crippen molar-refractivity contribution in [3.05, 3.63) is 57.1 Å². The minimum absolute atomic E-state index is 0.387. The third-order valence-corrected chi connectivity index (χ3v) is 3.89. The molecule has 0 bridgehead atoms. The molecule has 22 heavy (non-hydrogen) atoms. The van der Waals surface area contributed by atoms with E-state index in [2.05, 4.69) is 16.2 Å². The van der Waals surface area contributed by atoms with Gasteiger partial charge in [-0.3, -0.25) is 10.9 Å². The predicted molar refractivity (Wildman–Crippen MR) is 92.9 cm³/mol. The quantitative estimate of drug-likeness (QED) is 0.685. The summed E-state index contributed by atoms with van der Waals surface area (Å²) in [5.74, 6) is 0. The molecule has 0 saturated heterocycles. The summed E-state index contributed by atoms with van der Waals surface area (Å²) in [4.78, 5) is 11.9. The third kappa shape index (κ3) is 4.06. The lowest BCUT2D eigenvalue weighted by Crippen LogP contribution is -2.34. The van der Waals surface area contributed by atoms with Crippen LogP contribution in [0.25, 0.3) is 0 Å². The molecule has 2 amide bonds. The number of halogens is 2.